The third-order valence-electron chi connectivity index (χ3n) is 6.52. The fraction of sp³-hybridized carbons (Fsp3) is 0.259. The molecule has 4 N–H and O–H groups in total. The van der Waals surface area contributed by atoms with Crippen LogP contribution in [0.4, 0.5) is 17.5 Å². The third kappa shape index (κ3) is 4.29. The first kappa shape index (κ1) is 22.2. The molecule has 5 heterocycles. The Balaban J connectivity index is 1.27. The van der Waals surface area contributed by atoms with Gasteiger partial charge in [0.1, 0.15) is 11.6 Å². The summed E-state index contributed by atoms with van der Waals surface area (Å²) >= 11 is 0. The van der Waals surface area contributed by atoms with Crippen molar-refractivity contribution in [1.82, 2.24) is 35.7 Å². The van der Waals surface area contributed by atoms with Crippen LogP contribution < -0.4 is 15.5 Å². The number of fused-ring (bicyclic) bond motifs is 1. The fourth-order valence-corrected chi connectivity index (χ4v) is 4.97. The van der Waals surface area contributed by atoms with Gasteiger partial charge in [-0.25, -0.2) is 4.98 Å². The Bertz CT molecular complexity index is 1510. The van der Waals surface area contributed by atoms with Crippen LogP contribution in [0.15, 0.2) is 60.8 Å². The van der Waals surface area contributed by atoms with E-state index in [0.29, 0.717) is 12.1 Å². The maximum absolute atomic E-state index is 4.87. The number of aryl methyl sites for hydroxylation is 1. The molecule has 182 valence electrons. The van der Waals surface area contributed by atoms with Crippen LogP contribution in [0, 0.1) is 6.92 Å². The zero-order chi connectivity index (χ0) is 24.6. The number of hydrogen-bond donors (Lipinski definition) is 4. The molecule has 0 unspecified atom stereocenters. The van der Waals surface area contributed by atoms with Crippen molar-refractivity contribution >= 4 is 28.4 Å². The van der Waals surface area contributed by atoms with Gasteiger partial charge < -0.3 is 15.5 Å². The van der Waals surface area contributed by atoms with E-state index in [2.05, 4.69) is 79.0 Å². The quantitative estimate of drug-likeness (QED) is 0.290. The molecule has 6 rings (SSSR count). The maximum atomic E-state index is 4.87. The van der Waals surface area contributed by atoms with Crippen LogP contribution in [0.25, 0.3) is 33.4 Å². The molecule has 0 spiro atoms. The van der Waals surface area contributed by atoms with Gasteiger partial charge in [0.15, 0.2) is 5.82 Å². The average molecular weight is 480 g/mol. The molecule has 2 atom stereocenters. The van der Waals surface area contributed by atoms with Crippen molar-refractivity contribution in [3.05, 3.63) is 66.5 Å². The van der Waals surface area contributed by atoms with Gasteiger partial charge in [0, 0.05) is 41.8 Å². The highest BCUT2D eigenvalue weighted by Gasteiger charge is 2.22. The standard InChI is InChI=1S/C27H29N9/c1-16-6-4-7-22(30-16)26-21(13-28-34-26)19-10-11-20-23(12-19)33-35-27(20)32-24-8-5-9-25(31-24)36-14-17(2)29-18(3)15-36/h4-13,17-18,29H,14-15H2,1-3H3,(H,28,34)(H2,31,32,33,35)/t17-,18+. The molecule has 1 saturated heterocycles. The summed E-state index contributed by atoms with van der Waals surface area (Å²) in [7, 11) is 0. The van der Waals surface area contributed by atoms with E-state index in [0.717, 1.165) is 69.7 Å². The second-order valence-electron chi connectivity index (χ2n) is 9.54. The lowest BCUT2D eigenvalue weighted by Crippen LogP contribution is -2.54. The van der Waals surface area contributed by atoms with E-state index in [-0.39, 0.29) is 0 Å². The molecule has 4 aromatic heterocycles. The van der Waals surface area contributed by atoms with E-state index in [1.54, 1.807) is 0 Å². The van der Waals surface area contributed by atoms with Gasteiger partial charge >= 0.3 is 0 Å². The molecule has 1 fully saturated rings. The highest BCUT2D eigenvalue weighted by Crippen LogP contribution is 2.33. The van der Waals surface area contributed by atoms with Gasteiger partial charge in [-0.05, 0) is 62.7 Å². The van der Waals surface area contributed by atoms with Crippen molar-refractivity contribution in [3.8, 4) is 22.5 Å². The van der Waals surface area contributed by atoms with Crippen LogP contribution >= 0.6 is 0 Å². The molecule has 1 aliphatic rings. The first-order valence-electron chi connectivity index (χ1n) is 12.2. The normalized spacial score (nSPS) is 18.0. The predicted octanol–water partition coefficient (Wildman–Crippen LogP) is 4.65. The number of benzene rings is 1. The number of rotatable bonds is 5. The molecule has 36 heavy (non-hydrogen) atoms. The minimum atomic E-state index is 0.425. The first-order valence-corrected chi connectivity index (χ1v) is 12.2. The molecule has 0 bridgehead atoms. The summed E-state index contributed by atoms with van der Waals surface area (Å²) in [5.41, 5.74) is 5.69. The van der Waals surface area contributed by atoms with E-state index < -0.39 is 0 Å². The third-order valence-corrected chi connectivity index (χ3v) is 6.52. The van der Waals surface area contributed by atoms with E-state index in [4.69, 9.17) is 4.98 Å². The molecule has 0 saturated carbocycles. The van der Waals surface area contributed by atoms with Crippen LogP contribution in [0.2, 0.25) is 0 Å². The van der Waals surface area contributed by atoms with Gasteiger partial charge in [-0.1, -0.05) is 18.2 Å². The summed E-state index contributed by atoms with van der Waals surface area (Å²) in [5.74, 6) is 2.49. The van der Waals surface area contributed by atoms with Crippen LogP contribution in [0.3, 0.4) is 0 Å². The summed E-state index contributed by atoms with van der Waals surface area (Å²) in [6.07, 6.45) is 1.84. The van der Waals surface area contributed by atoms with Gasteiger partial charge in [0.05, 0.1) is 23.1 Å². The van der Waals surface area contributed by atoms with Gasteiger partial charge in [-0.2, -0.15) is 10.2 Å². The summed E-state index contributed by atoms with van der Waals surface area (Å²) in [5, 5.41) is 23.1. The SMILES string of the molecule is Cc1cccc(-c2[nH]ncc2-c2ccc3c(Nc4cccc(N5C[C@@H](C)N[C@@H](C)C5)n4)n[nH]c3c2)n1. The minimum absolute atomic E-state index is 0.425. The second-order valence-corrected chi connectivity index (χ2v) is 9.54. The molecule has 0 radical (unpaired) electrons. The van der Waals surface area contributed by atoms with Crippen molar-refractivity contribution in [3.63, 3.8) is 0 Å². The van der Waals surface area contributed by atoms with Gasteiger partial charge in [0.25, 0.3) is 0 Å². The number of nitrogens with one attached hydrogen (secondary N) is 4. The second kappa shape index (κ2) is 9.09. The Morgan fingerprint density at radius 3 is 2.61 bits per heavy atom. The number of pyridine rings is 2. The number of anilines is 3. The monoisotopic (exact) mass is 479 g/mol. The highest BCUT2D eigenvalue weighted by molar-refractivity contribution is 5.95. The number of H-pyrrole nitrogens is 2. The number of piperazine rings is 1. The van der Waals surface area contributed by atoms with Gasteiger partial charge in [-0.3, -0.25) is 15.2 Å². The number of nitrogens with zero attached hydrogens (tertiary/aromatic N) is 5. The fourth-order valence-electron chi connectivity index (χ4n) is 4.97. The van der Waals surface area contributed by atoms with Crippen molar-refractivity contribution in [2.75, 3.05) is 23.3 Å². The molecule has 1 aromatic carbocycles. The number of hydrogen-bond acceptors (Lipinski definition) is 7. The number of aromatic nitrogens is 6. The lowest BCUT2D eigenvalue weighted by molar-refractivity contribution is 0.405. The van der Waals surface area contributed by atoms with Gasteiger partial charge in [-0.15, -0.1) is 0 Å². The van der Waals surface area contributed by atoms with Crippen LogP contribution in [0.1, 0.15) is 19.5 Å². The van der Waals surface area contributed by atoms with E-state index in [1.165, 1.54) is 0 Å². The van der Waals surface area contributed by atoms with Crippen molar-refractivity contribution < 1.29 is 0 Å². The Morgan fingerprint density at radius 1 is 0.944 bits per heavy atom. The zero-order valence-corrected chi connectivity index (χ0v) is 20.6. The van der Waals surface area contributed by atoms with E-state index in [9.17, 15) is 0 Å². The van der Waals surface area contributed by atoms with E-state index >= 15 is 0 Å². The highest BCUT2D eigenvalue weighted by atomic mass is 15.3. The topological polar surface area (TPSA) is 110 Å². The first-order chi connectivity index (χ1) is 17.5. The Morgan fingerprint density at radius 2 is 1.78 bits per heavy atom. The molecule has 0 amide bonds. The molecule has 9 heteroatoms. The molecule has 5 aromatic rings. The Kier molecular flexibility index (Phi) is 5.61. The van der Waals surface area contributed by atoms with Crippen LogP contribution in [-0.2, 0) is 0 Å². The maximum Gasteiger partial charge on any atom is 0.161 e. The molecular formula is C27H29N9. The summed E-state index contributed by atoms with van der Waals surface area (Å²) < 4.78 is 0. The minimum Gasteiger partial charge on any atom is -0.353 e. The number of aromatic amines is 2. The van der Waals surface area contributed by atoms with Gasteiger partial charge in [0.2, 0.25) is 0 Å². The average Bonchev–Trinajstić information content (AvgIpc) is 3.51. The Hall–Kier alpha value is -4.24. The lowest BCUT2D eigenvalue weighted by atomic mass is 10.0. The van der Waals surface area contributed by atoms with E-state index in [1.807, 2.05) is 43.5 Å². The molecule has 0 aliphatic carbocycles. The predicted molar refractivity (Wildman–Crippen MR) is 143 cm³/mol. The van der Waals surface area contributed by atoms with Crippen molar-refractivity contribution in [2.24, 2.45) is 0 Å². The van der Waals surface area contributed by atoms with Crippen molar-refractivity contribution in [1.29, 1.82) is 0 Å². The van der Waals surface area contributed by atoms with Crippen LogP contribution in [0.5, 0.6) is 0 Å². The summed E-state index contributed by atoms with van der Waals surface area (Å²) in [4.78, 5) is 11.9. The lowest BCUT2D eigenvalue weighted by Gasteiger charge is -2.37. The summed E-state index contributed by atoms with van der Waals surface area (Å²) in [6, 6.07) is 19.1. The summed E-state index contributed by atoms with van der Waals surface area (Å²) in [6.45, 7) is 8.27. The molecule has 9 nitrogen and oxygen atoms in total. The Labute approximate surface area is 209 Å². The largest absolute Gasteiger partial charge is 0.353 e. The molecular weight excluding hydrogens is 450 g/mol. The smallest absolute Gasteiger partial charge is 0.161 e. The van der Waals surface area contributed by atoms with Crippen molar-refractivity contribution in [2.45, 2.75) is 32.9 Å². The van der Waals surface area contributed by atoms with Crippen LogP contribution in [-0.4, -0.2) is 55.5 Å². The zero-order valence-electron chi connectivity index (χ0n) is 20.6. The molecule has 1 aliphatic heterocycles.